The van der Waals surface area contributed by atoms with Gasteiger partial charge in [0.2, 0.25) is 0 Å². The Labute approximate surface area is 530 Å². The molecule has 0 amide bonds. The average molecular weight is 1280 g/mol. The monoisotopic (exact) mass is 1280 g/mol. The van der Waals surface area contributed by atoms with E-state index in [9.17, 15) is 43.2 Å². The van der Waals surface area contributed by atoms with Crippen LogP contribution in [0.15, 0.2) is 0 Å². The zero-order chi connectivity index (χ0) is 64.3. The molecule has 0 aromatic rings. The highest BCUT2D eigenvalue weighted by molar-refractivity contribution is 7.47. The van der Waals surface area contributed by atoms with Gasteiger partial charge in [0.1, 0.15) is 19.3 Å². The van der Waals surface area contributed by atoms with Crippen LogP contribution in [-0.4, -0.2) is 96.7 Å². The van der Waals surface area contributed by atoms with Crippen molar-refractivity contribution >= 4 is 39.5 Å². The Hall–Kier alpha value is -1.94. The number of hydrogen-bond donors (Lipinski definition) is 3. The van der Waals surface area contributed by atoms with Gasteiger partial charge in [0.25, 0.3) is 0 Å². The van der Waals surface area contributed by atoms with Crippen LogP contribution in [0, 0.1) is 11.8 Å². The molecule has 0 radical (unpaired) electrons. The van der Waals surface area contributed by atoms with Crippen LogP contribution in [0.4, 0.5) is 0 Å². The second-order valence-electron chi connectivity index (χ2n) is 25.3. The number of carbonyl (C=O) groups excluding carboxylic acids is 4. The average Bonchev–Trinajstić information content (AvgIpc) is 3.63. The van der Waals surface area contributed by atoms with E-state index in [-0.39, 0.29) is 25.7 Å². The minimum atomic E-state index is -4.95. The molecule has 0 aliphatic heterocycles. The van der Waals surface area contributed by atoms with E-state index in [0.29, 0.717) is 25.7 Å². The van der Waals surface area contributed by atoms with Gasteiger partial charge in [0, 0.05) is 25.7 Å². The lowest BCUT2D eigenvalue weighted by molar-refractivity contribution is -0.161. The fourth-order valence-corrected chi connectivity index (χ4v) is 11.8. The number of aliphatic hydroxyl groups excluding tert-OH is 1. The molecule has 3 N–H and O–H groups in total. The van der Waals surface area contributed by atoms with Crippen LogP contribution in [0.25, 0.3) is 0 Å². The smallest absolute Gasteiger partial charge is 0.462 e. The summed E-state index contributed by atoms with van der Waals surface area (Å²) >= 11 is 0. The van der Waals surface area contributed by atoms with E-state index >= 15 is 0 Å². The van der Waals surface area contributed by atoms with Crippen LogP contribution in [0.1, 0.15) is 343 Å². The lowest BCUT2D eigenvalue weighted by Gasteiger charge is -2.21. The molecule has 6 atom stereocenters. The third-order valence-corrected chi connectivity index (χ3v) is 18.0. The zero-order valence-electron chi connectivity index (χ0n) is 56.3. The van der Waals surface area contributed by atoms with Crippen molar-refractivity contribution in [1.29, 1.82) is 0 Å². The van der Waals surface area contributed by atoms with E-state index in [1.54, 1.807) is 0 Å². The maximum atomic E-state index is 13.0. The van der Waals surface area contributed by atoms with Crippen molar-refractivity contribution in [3.05, 3.63) is 0 Å². The first-order valence-corrected chi connectivity index (χ1v) is 38.5. The van der Waals surface area contributed by atoms with Crippen LogP contribution in [0.3, 0.4) is 0 Å². The van der Waals surface area contributed by atoms with Crippen molar-refractivity contribution in [1.82, 2.24) is 0 Å². The highest BCUT2D eigenvalue weighted by Crippen LogP contribution is 2.45. The highest BCUT2D eigenvalue weighted by Gasteiger charge is 2.30. The number of unbranched alkanes of at least 4 members (excludes halogenated alkanes) is 36. The van der Waals surface area contributed by atoms with Crippen LogP contribution in [0.5, 0.6) is 0 Å². The summed E-state index contributed by atoms with van der Waals surface area (Å²) in [6.07, 6.45) is 44.8. The highest BCUT2D eigenvalue weighted by atomic mass is 31.2. The molecule has 17 nitrogen and oxygen atoms in total. The Kier molecular flexibility index (Phi) is 59.0. The third-order valence-electron chi connectivity index (χ3n) is 16.1. The van der Waals surface area contributed by atoms with Crippen molar-refractivity contribution in [2.45, 2.75) is 362 Å². The number of carbonyl (C=O) groups is 4. The predicted octanol–water partition coefficient (Wildman–Crippen LogP) is 19.2. The number of esters is 4. The quantitative estimate of drug-likeness (QED) is 0.0222. The Bertz CT molecular complexity index is 1700. The van der Waals surface area contributed by atoms with Crippen molar-refractivity contribution < 1.29 is 80.2 Å². The molecule has 3 unspecified atom stereocenters. The van der Waals surface area contributed by atoms with Gasteiger partial charge >= 0.3 is 39.5 Å². The van der Waals surface area contributed by atoms with Crippen LogP contribution >= 0.6 is 15.6 Å². The Morgan fingerprint density at radius 3 is 0.874 bits per heavy atom. The molecule has 0 heterocycles. The van der Waals surface area contributed by atoms with E-state index in [2.05, 4.69) is 41.5 Å². The molecule has 0 fully saturated rings. The molecule has 0 aliphatic rings. The first-order valence-electron chi connectivity index (χ1n) is 35.5. The summed E-state index contributed by atoms with van der Waals surface area (Å²) in [6.45, 7) is 9.46. The molecule has 0 aliphatic carbocycles. The minimum absolute atomic E-state index is 0.105. The summed E-state index contributed by atoms with van der Waals surface area (Å²) in [6, 6.07) is 0. The Morgan fingerprint density at radius 2 is 0.586 bits per heavy atom. The zero-order valence-corrected chi connectivity index (χ0v) is 58.1. The standard InChI is InChI=1S/C68H132O17P2/c1-7-10-12-14-16-27-32-40-46-52-67(72)84-63(56-78-65(70)50-44-38-30-15-13-11-8-2)58-82-86(74,75)80-54-62(69)55-81-87(76,77)83-59-64(57-79-66(71)51-45-39-35-34-37-43-49-61(6)9-3)85-68(73)53-47-41-33-29-26-24-22-20-18-17-19-21-23-25-28-31-36-42-48-60(4)5/h60-64,69H,7-59H2,1-6H3,(H,74,75)(H,76,77)/t61?,62-,63+,64+/m0/s1. The fraction of sp³-hybridized carbons (Fsp3) is 0.941. The lowest BCUT2D eigenvalue weighted by atomic mass is 10.00. The number of rotatable bonds is 67. The van der Waals surface area contributed by atoms with Gasteiger partial charge in [-0.1, -0.05) is 292 Å². The van der Waals surface area contributed by atoms with Crippen molar-refractivity contribution in [3.8, 4) is 0 Å². The summed E-state index contributed by atoms with van der Waals surface area (Å²) in [7, 11) is -9.89. The number of aliphatic hydroxyl groups is 1. The van der Waals surface area contributed by atoms with Gasteiger partial charge in [-0.2, -0.15) is 0 Å². The van der Waals surface area contributed by atoms with Gasteiger partial charge in [-0.05, 0) is 37.5 Å². The summed E-state index contributed by atoms with van der Waals surface area (Å²) in [5.41, 5.74) is 0. The second-order valence-corrected chi connectivity index (χ2v) is 28.2. The van der Waals surface area contributed by atoms with Crippen LogP contribution in [0.2, 0.25) is 0 Å². The largest absolute Gasteiger partial charge is 0.472 e. The molecule has 19 heteroatoms. The third kappa shape index (κ3) is 61.3. The molecule has 0 saturated heterocycles. The lowest BCUT2D eigenvalue weighted by Crippen LogP contribution is -2.30. The van der Waals surface area contributed by atoms with Gasteiger partial charge in [-0.25, -0.2) is 9.13 Å². The minimum Gasteiger partial charge on any atom is -0.462 e. The topological polar surface area (TPSA) is 237 Å². The summed E-state index contributed by atoms with van der Waals surface area (Å²) < 4.78 is 68.0. The first kappa shape index (κ1) is 85.1. The van der Waals surface area contributed by atoms with E-state index in [1.807, 2.05) is 0 Å². The molecule has 0 saturated carbocycles. The summed E-state index contributed by atoms with van der Waals surface area (Å²) in [5, 5.41) is 10.5. The van der Waals surface area contributed by atoms with E-state index in [1.165, 1.54) is 141 Å². The molecule has 0 aromatic heterocycles. The Morgan fingerprint density at radius 1 is 0.333 bits per heavy atom. The second kappa shape index (κ2) is 60.3. The Balaban J connectivity index is 5.11. The molecule has 0 bridgehead atoms. The molecular formula is C68H132O17P2. The van der Waals surface area contributed by atoms with Gasteiger partial charge in [0.05, 0.1) is 26.4 Å². The predicted molar refractivity (Wildman–Crippen MR) is 349 cm³/mol. The maximum Gasteiger partial charge on any atom is 0.472 e. The number of phosphoric acid groups is 2. The molecule has 0 aromatic carbocycles. The van der Waals surface area contributed by atoms with E-state index in [4.69, 9.17) is 37.0 Å². The van der Waals surface area contributed by atoms with Crippen molar-refractivity contribution in [3.63, 3.8) is 0 Å². The van der Waals surface area contributed by atoms with Gasteiger partial charge in [0.15, 0.2) is 12.2 Å². The number of phosphoric ester groups is 2. The molecule has 516 valence electrons. The normalized spacial score (nSPS) is 14.5. The van der Waals surface area contributed by atoms with Gasteiger partial charge < -0.3 is 33.8 Å². The molecule has 87 heavy (non-hydrogen) atoms. The van der Waals surface area contributed by atoms with E-state index < -0.39 is 97.5 Å². The summed E-state index contributed by atoms with van der Waals surface area (Å²) in [4.78, 5) is 72.2. The molecule has 0 rings (SSSR count). The van der Waals surface area contributed by atoms with Crippen LogP contribution in [-0.2, 0) is 65.4 Å². The molecule has 0 spiro atoms. The van der Waals surface area contributed by atoms with Crippen molar-refractivity contribution in [2.24, 2.45) is 11.8 Å². The van der Waals surface area contributed by atoms with Gasteiger partial charge in [-0.15, -0.1) is 0 Å². The number of hydrogen-bond acceptors (Lipinski definition) is 15. The van der Waals surface area contributed by atoms with E-state index in [0.717, 1.165) is 121 Å². The van der Waals surface area contributed by atoms with Gasteiger partial charge in [-0.3, -0.25) is 37.3 Å². The van der Waals surface area contributed by atoms with Crippen LogP contribution < -0.4 is 0 Å². The SMILES string of the molecule is CCCCCCCCCCCC(=O)O[C@H](COC(=O)CCCCCCCCC)COP(=O)(O)OC[C@H](O)COP(=O)(O)OC[C@@H](COC(=O)CCCCCCCCC(C)CC)OC(=O)CCCCCCCCCCCCCCCCCCCCC(C)C. The van der Waals surface area contributed by atoms with Crippen molar-refractivity contribution in [2.75, 3.05) is 39.6 Å². The maximum absolute atomic E-state index is 13.0. The summed E-state index contributed by atoms with van der Waals surface area (Å²) in [5.74, 6) is -0.584. The first-order chi connectivity index (χ1) is 41.9. The number of ether oxygens (including phenoxy) is 4. The molecular weight excluding hydrogens is 1150 g/mol. The fourth-order valence-electron chi connectivity index (χ4n) is 10.2.